The summed E-state index contributed by atoms with van der Waals surface area (Å²) in [7, 11) is 0. The number of hydrogen-bond donors (Lipinski definition) is 2. The fourth-order valence-electron chi connectivity index (χ4n) is 1.39. The van der Waals surface area contributed by atoms with Gasteiger partial charge in [0.15, 0.2) is 17.9 Å². The van der Waals surface area contributed by atoms with Crippen molar-refractivity contribution in [2.24, 2.45) is 0 Å². The average Bonchev–Trinajstić information content (AvgIpc) is 2.67. The summed E-state index contributed by atoms with van der Waals surface area (Å²) < 4.78 is 5.09. The van der Waals surface area contributed by atoms with Crippen LogP contribution in [0, 0.1) is 0 Å². The van der Waals surface area contributed by atoms with E-state index in [4.69, 9.17) is 4.74 Å². The largest absolute Gasteiger partial charge is 0.455 e. The van der Waals surface area contributed by atoms with Crippen LogP contribution < -0.4 is 10.7 Å². The predicted octanol–water partition coefficient (Wildman–Crippen LogP) is -1.50. The first kappa shape index (κ1) is 12.4. The molecule has 0 aliphatic carbocycles. The lowest BCUT2D eigenvalue weighted by atomic mass is 10.0. The molecule has 0 saturated carbocycles. The normalized spacial score (nSPS) is 14.2. The van der Waals surface area contributed by atoms with E-state index in [2.05, 4.69) is 15.7 Å². The molecule has 0 fully saturated rings. The second kappa shape index (κ2) is 5.41. The molecule has 0 aliphatic rings. The van der Waals surface area contributed by atoms with Gasteiger partial charge in [0.25, 0.3) is 0 Å². The number of ether oxygens (including phenoxy) is 1. The van der Waals surface area contributed by atoms with Crippen molar-refractivity contribution in [1.29, 1.82) is 0 Å². The molecule has 1 aromatic heterocycles. The molecule has 0 aliphatic heterocycles. The zero-order chi connectivity index (χ0) is 12.1. The van der Waals surface area contributed by atoms with Gasteiger partial charge in [-0.3, -0.25) is 14.6 Å². The first-order valence-electron chi connectivity index (χ1n) is 5.04. The van der Waals surface area contributed by atoms with Crippen LogP contribution in [0.5, 0.6) is 0 Å². The number of hydrogen-bond acceptors (Lipinski definition) is 3. The third-order valence-corrected chi connectivity index (χ3v) is 2.31. The molecule has 6 nitrogen and oxygen atoms in total. The summed E-state index contributed by atoms with van der Waals surface area (Å²) in [5.41, 5.74) is 4.58. The number of aromatic amines is 2. The number of nitrogens with one attached hydrogen (secondary N) is 2. The van der Waals surface area contributed by atoms with Crippen molar-refractivity contribution >= 4 is 11.8 Å². The summed E-state index contributed by atoms with van der Waals surface area (Å²) >= 11 is 0. The molecule has 2 atom stereocenters. The van der Waals surface area contributed by atoms with Crippen molar-refractivity contribution < 1.29 is 25.0 Å². The van der Waals surface area contributed by atoms with Gasteiger partial charge in [-0.25, -0.2) is 4.98 Å². The minimum absolute atomic E-state index is 0.0956. The Hall–Kier alpha value is -1.69. The summed E-state index contributed by atoms with van der Waals surface area (Å²) in [4.78, 5) is 28.0. The second-order valence-electron chi connectivity index (χ2n) is 3.69. The van der Waals surface area contributed by atoms with Crippen molar-refractivity contribution in [3.63, 3.8) is 0 Å². The molecular weight excluding hydrogens is 210 g/mol. The highest BCUT2D eigenvalue weighted by molar-refractivity contribution is 5.81. The third kappa shape index (κ3) is 3.47. The summed E-state index contributed by atoms with van der Waals surface area (Å²) in [6.07, 6.45) is 3.33. The van der Waals surface area contributed by atoms with Crippen molar-refractivity contribution in [2.45, 2.75) is 32.4 Å². The van der Waals surface area contributed by atoms with E-state index >= 15 is 0 Å². The van der Waals surface area contributed by atoms with E-state index in [9.17, 15) is 9.59 Å². The number of ketones is 1. The summed E-state index contributed by atoms with van der Waals surface area (Å²) in [6.45, 7) is 2.76. The van der Waals surface area contributed by atoms with Crippen LogP contribution in [-0.2, 0) is 20.7 Å². The quantitative estimate of drug-likeness (QED) is 0.599. The van der Waals surface area contributed by atoms with Gasteiger partial charge in [-0.05, 0) is 0 Å². The van der Waals surface area contributed by atoms with Crippen molar-refractivity contribution in [3.8, 4) is 0 Å². The highest BCUT2D eigenvalue weighted by Gasteiger charge is 2.29. The van der Waals surface area contributed by atoms with E-state index in [0.29, 0.717) is 6.42 Å². The highest BCUT2D eigenvalue weighted by atomic mass is 16.5. The molecule has 0 bridgehead atoms. The van der Waals surface area contributed by atoms with Gasteiger partial charge in [0.05, 0.1) is 6.42 Å². The third-order valence-electron chi connectivity index (χ3n) is 2.31. The molecule has 0 aromatic carbocycles. The molecule has 88 valence electrons. The Morgan fingerprint density at radius 3 is 2.69 bits per heavy atom. The average molecular weight is 227 g/mol. The maximum atomic E-state index is 11.2. The molecule has 2 unspecified atom stereocenters. The Kier molecular flexibility index (Phi) is 4.19. The van der Waals surface area contributed by atoms with E-state index in [0.717, 1.165) is 5.69 Å². The van der Waals surface area contributed by atoms with E-state index in [1.807, 2.05) is 0 Å². The van der Waals surface area contributed by atoms with Crippen LogP contribution in [0.4, 0.5) is 0 Å². The van der Waals surface area contributed by atoms with E-state index < -0.39 is 18.1 Å². The molecule has 6 heteroatoms. The van der Waals surface area contributed by atoms with Crippen molar-refractivity contribution in [2.75, 3.05) is 0 Å². The maximum Gasteiger partial charge on any atom is 0.303 e. The van der Waals surface area contributed by atoms with Crippen LogP contribution >= 0.6 is 0 Å². The van der Waals surface area contributed by atoms with Gasteiger partial charge in [0, 0.05) is 13.8 Å². The first-order chi connectivity index (χ1) is 7.50. The van der Waals surface area contributed by atoms with E-state index in [1.54, 1.807) is 12.5 Å². The minimum Gasteiger partial charge on any atom is -0.455 e. The molecule has 16 heavy (non-hydrogen) atoms. The van der Waals surface area contributed by atoms with Gasteiger partial charge in [-0.2, -0.15) is 0 Å². The Morgan fingerprint density at radius 1 is 1.56 bits per heavy atom. The Bertz CT molecular complexity index is 361. The molecule has 1 aromatic rings. The zero-order valence-corrected chi connectivity index (χ0v) is 9.45. The van der Waals surface area contributed by atoms with Gasteiger partial charge < -0.3 is 10.5 Å². The van der Waals surface area contributed by atoms with Crippen LogP contribution in [0.3, 0.4) is 0 Å². The number of esters is 1. The molecular formula is C10H17N3O3+2. The number of rotatable bonds is 5. The van der Waals surface area contributed by atoms with Crippen LogP contribution in [0.15, 0.2) is 12.5 Å². The van der Waals surface area contributed by atoms with Gasteiger partial charge in [-0.1, -0.05) is 0 Å². The zero-order valence-electron chi connectivity index (χ0n) is 9.45. The molecule has 0 spiro atoms. The minimum atomic E-state index is -0.549. The number of quaternary nitrogens is 1. The smallest absolute Gasteiger partial charge is 0.303 e. The van der Waals surface area contributed by atoms with Crippen LogP contribution in [0.25, 0.3) is 0 Å². The lowest BCUT2D eigenvalue weighted by Gasteiger charge is -2.17. The van der Waals surface area contributed by atoms with E-state index in [-0.39, 0.29) is 5.78 Å². The Balaban J connectivity index is 2.71. The summed E-state index contributed by atoms with van der Waals surface area (Å²) in [6, 6.07) is -0.549. The number of H-pyrrole nitrogens is 2. The number of carbonyl (C=O) groups excluding carboxylic acids is 2. The SMILES string of the molecule is CC(=O)OC(Cc1c[nH+]c[nH]1)C([NH3+])C(C)=O. The summed E-state index contributed by atoms with van der Waals surface area (Å²) in [5.74, 6) is -0.503. The fourth-order valence-corrected chi connectivity index (χ4v) is 1.39. The molecule has 1 rings (SSSR count). The Labute approximate surface area is 93.2 Å². The molecule has 0 saturated heterocycles. The molecule has 0 radical (unpaired) electrons. The number of imidazole rings is 1. The summed E-state index contributed by atoms with van der Waals surface area (Å²) in [5, 5.41) is 0. The molecule has 5 N–H and O–H groups in total. The highest BCUT2D eigenvalue weighted by Crippen LogP contribution is 2.05. The number of Topliss-reactive ketones (excluding diaryl/α,β-unsaturated/α-hetero) is 1. The lowest BCUT2D eigenvalue weighted by Crippen LogP contribution is -2.70. The Morgan fingerprint density at radius 2 is 2.25 bits per heavy atom. The second-order valence-corrected chi connectivity index (χ2v) is 3.69. The topological polar surface area (TPSA) is 101 Å². The van der Waals surface area contributed by atoms with Gasteiger partial charge in [0.1, 0.15) is 11.9 Å². The molecule has 1 heterocycles. The van der Waals surface area contributed by atoms with Gasteiger partial charge >= 0.3 is 5.97 Å². The number of aromatic nitrogens is 2. The van der Waals surface area contributed by atoms with Crippen molar-refractivity contribution in [3.05, 3.63) is 18.2 Å². The number of carbonyl (C=O) groups is 2. The van der Waals surface area contributed by atoms with Crippen molar-refractivity contribution in [1.82, 2.24) is 4.98 Å². The fraction of sp³-hybridized carbons (Fsp3) is 0.500. The van der Waals surface area contributed by atoms with Gasteiger partial charge in [0.2, 0.25) is 6.33 Å². The lowest BCUT2D eigenvalue weighted by molar-refractivity contribution is -0.419. The predicted molar refractivity (Wildman–Crippen MR) is 54.0 cm³/mol. The standard InChI is InChI=1S/C10H15N3O3/c1-6(14)10(11)9(16-7(2)15)3-8-4-12-5-13-8/h4-5,9-10H,3,11H2,1-2H3,(H,12,13)/p+2. The monoisotopic (exact) mass is 227 g/mol. The first-order valence-corrected chi connectivity index (χ1v) is 5.04. The maximum absolute atomic E-state index is 11.2. The van der Waals surface area contributed by atoms with Gasteiger partial charge in [-0.15, -0.1) is 0 Å². The van der Waals surface area contributed by atoms with E-state index in [1.165, 1.54) is 13.8 Å². The molecule has 0 amide bonds. The van der Waals surface area contributed by atoms with Crippen LogP contribution in [0.2, 0.25) is 0 Å². The van der Waals surface area contributed by atoms with Crippen LogP contribution in [-0.4, -0.2) is 28.9 Å². The van der Waals surface area contributed by atoms with Crippen LogP contribution in [0.1, 0.15) is 19.5 Å².